The van der Waals surface area contributed by atoms with Crippen LogP contribution in [0.25, 0.3) is 0 Å². The number of nitrogens with two attached hydrogens (primary N) is 1. The highest BCUT2D eigenvalue weighted by molar-refractivity contribution is 6.01. The van der Waals surface area contributed by atoms with Crippen LogP contribution in [-0.4, -0.2) is 77.8 Å². The minimum absolute atomic E-state index is 0.0188. The van der Waals surface area contributed by atoms with Gasteiger partial charge in [-0.2, -0.15) is 0 Å². The minimum Gasteiger partial charge on any atom is -0.454 e. The molecule has 0 bridgehead atoms. The predicted molar refractivity (Wildman–Crippen MR) is 139 cm³/mol. The maximum absolute atomic E-state index is 13.4. The summed E-state index contributed by atoms with van der Waals surface area (Å²) >= 11 is 0. The van der Waals surface area contributed by atoms with E-state index in [9.17, 15) is 27.6 Å². The summed E-state index contributed by atoms with van der Waals surface area (Å²) in [6.45, 7) is 3.47. The molecule has 0 spiro atoms. The number of carbonyl (C=O) groups is 3. The van der Waals surface area contributed by atoms with Gasteiger partial charge in [0.05, 0.1) is 17.8 Å². The predicted octanol–water partition coefficient (Wildman–Crippen LogP) is 3.21. The van der Waals surface area contributed by atoms with E-state index in [2.05, 4.69) is 4.74 Å². The van der Waals surface area contributed by atoms with Gasteiger partial charge < -0.3 is 29.4 Å². The molecule has 0 atom stereocenters. The van der Waals surface area contributed by atoms with Gasteiger partial charge in [0.15, 0.2) is 17.3 Å². The number of fused-ring (bicyclic) bond motifs is 1. The van der Waals surface area contributed by atoms with Gasteiger partial charge in [-0.25, -0.2) is 0 Å². The van der Waals surface area contributed by atoms with Gasteiger partial charge in [-0.05, 0) is 48.9 Å². The molecule has 2 amide bonds. The molecule has 1 saturated heterocycles. The second kappa shape index (κ2) is 11.2. The van der Waals surface area contributed by atoms with Crippen LogP contribution in [-0.2, 0) is 6.54 Å². The monoisotopic (exact) mass is 572 g/mol. The zero-order valence-corrected chi connectivity index (χ0v) is 22.1. The molecule has 13 heteroatoms. The first kappa shape index (κ1) is 28.0. The van der Waals surface area contributed by atoms with E-state index >= 15 is 0 Å². The molecule has 41 heavy (non-hydrogen) atoms. The van der Waals surface area contributed by atoms with Gasteiger partial charge in [-0.15, -0.1) is 13.2 Å². The lowest BCUT2D eigenvalue weighted by atomic mass is 10.1. The van der Waals surface area contributed by atoms with Gasteiger partial charge in [-0.3, -0.25) is 19.3 Å². The summed E-state index contributed by atoms with van der Waals surface area (Å²) in [6.07, 6.45) is -4.85. The van der Waals surface area contributed by atoms with Crippen molar-refractivity contribution in [3.8, 4) is 17.2 Å². The van der Waals surface area contributed by atoms with Crippen molar-refractivity contribution in [2.45, 2.75) is 19.8 Å². The van der Waals surface area contributed by atoms with Crippen molar-refractivity contribution >= 4 is 17.6 Å². The molecule has 0 saturated carbocycles. The summed E-state index contributed by atoms with van der Waals surface area (Å²) in [5.74, 6) is -0.448. The van der Waals surface area contributed by atoms with Gasteiger partial charge in [0.1, 0.15) is 5.75 Å². The van der Waals surface area contributed by atoms with E-state index < -0.39 is 18.0 Å². The Labute approximate surface area is 233 Å². The van der Waals surface area contributed by atoms with Crippen molar-refractivity contribution in [2.24, 2.45) is 5.73 Å². The molecule has 0 unspecified atom stereocenters. The van der Waals surface area contributed by atoms with Crippen LogP contribution in [0.3, 0.4) is 0 Å². The highest BCUT2D eigenvalue weighted by Gasteiger charge is 2.31. The Bertz CT molecular complexity index is 1490. The number of ether oxygens (including phenoxy) is 3. The van der Waals surface area contributed by atoms with Crippen molar-refractivity contribution < 1.29 is 41.8 Å². The number of piperazine rings is 1. The number of hydrogen-bond acceptors (Lipinski definition) is 7. The topological polar surface area (TPSA) is 116 Å². The molecule has 10 nitrogen and oxygen atoms in total. The van der Waals surface area contributed by atoms with Crippen LogP contribution in [0.4, 0.5) is 13.2 Å². The zero-order valence-electron chi connectivity index (χ0n) is 22.1. The normalized spacial score (nSPS) is 15.2. The highest BCUT2D eigenvalue weighted by atomic mass is 19.4. The molecule has 2 N–H and O–H groups in total. The van der Waals surface area contributed by atoms with E-state index in [-0.39, 0.29) is 42.8 Å². The third kappa shape index (κ3) is 6.30. The quantitative estimate of drug-likeness (QED) is 0.412. The lowest BCUT2D eigenvalue weighted by Crippen LogP contribution is -2.50. The number of amides is 2. The van der Waals surface area contributed by atoms with Gasteiger partial charge in [0.2, 0.25) is 6.79 Å². The second-order valence-corrected chi connectivity index (χ2v) is 9.73. The third-order valence-corrected chi connectivity index (χ3v) is 7.04. The first-order chi connectivity index (χ1) is 19.5. The Morgan fingerprint density at radius 2 is 1.71 bits per heavy atom. The van der Waals surface area contributed by atoms with Crippen LogP contribution < -0.4 is 19.9 Å². The number of hydrogen-bond donors (Lipinski definition) is 1. The molecule has 1 fully saturated rings. The minimum atomic E-state index is -4.85. The Morgan fingerprint density at radius 3 is 2.41 bits per heavy atom. The second-order valence-electron chi connectivity index (χ2n) is 9.73. The summed E-state index contributed by atoms with van der Waals surface area (Å²) < 4.78 is 54.3. The highest BCUT2D eigenvalue weighted by Crippen LogP contribution is 2.33. The molecule has 216 valence electrons. The van der Waals surface area contributed by atoms with Crippen LogP contribution in [0.5, 0.6) is 17.2 Å². The smallest absolute Gasteiger partial charge is 0.454 e. The number of primary amides is 1. The molecule has 0 radical (unpaired) electrons. The Balaban J connectivity index is 1.26. The number of benzene rings is 2. The van der Waals surface area contributed by atoms with Crippen molar-refractivity contribution in [1.29, 1.82) is 0 Å². The number of Topliss-reactive ketones (excluding diaryl/α,β-unsaturated/α-hetero) is 1. The number of ketones is 1. The van der Waals surface area contributed by atoms with E-state index in [0.717, 1.165) is 0 Å². The summed E-state index contributed by atoms with van der Waals surface area (Å²) in [4.78, 5) is 42.1. The number of aromatic nitrogens is 1. The van der Waals surface area contributed by atoms with E-state index in [1.165, 1.54) is 24.3 Å². The molecule has 2 aliphatic heterocycles. The lowest BCUT2D eigenvalue weighted by molar-refractivity contribution is -0.274. The maximum atomic E-state index is 13.4. The fourth-order valence-corrected chi connectivity index (χ4v) is 4.96. The van der Waals surface area contributed by atoms with Gasteiger partial charge in [0, 0.05) is 44.0 Å². The van der Waals surface area contributed by atoms with Gasteiger partial charge in [-0.1, -0.05) is 12.1 Å². The number of alkyl halides is 3. The number of halogens is 3. The number of nitrogens with zero attached hydrogens (tertiary/aromatic N) is 3. The fraction of sp³-hybridized carbons (Fsp3) is 0.321. The van der Waals surface area contributed by atoms with Crippen LogP contribution in [0.15, 0.2) is 48.5 Å². The summed E-state index contributed by atoms with van der Waals surface area (Å²) in [6, 6.07) is 11.9. The standard InChI is InChI=1S/C28H27F3N4O6/c1-17-21(26(32)37)13-22(35(17)14-18-3-2-4-20(11-18)41-28(29,30)31)23(36)15-33-7-9-34(10-8-33)27(38)19-5-6-24-25(12-19)40-16-39-24/h2-6,11-13H,7-10,14-16H2,1H3,(H2,32,37). The molecule has 1 aromatic heterocycles. The van der Waals surface area contributed by atoms with E-state index in [4.69, 9.17) is 15.2 Å². The molecular weight excluding hydrogens is 545 g/mol. The van der Waals surface area contributed by atoms with Gasteiger partial charge >= 0.3 is 6.36 Å². The Hall–Kier alpha value is -4.52. The largest absolute Gasteiger partial charge is 0.573 e. The van der Waals surface area contributed by atoms with Crippen molar-refractivity contribution in [3.63, 3.8) is 0 Å². The fourth-order valence-electron chi connectivity index (χ4n) is 4.96. The number of carbonyl (C=O) groups excluding carboxylic acids is 3. The zero-order chi connectivity index (χ0) is 29.3. The first-order valence-electron chi connectivity index (χ1n) is 12.8. The Morgan fingerprint density at radius 1 is 0.976 bits per heavy atom. The number of rotatable bonds is 8. The molecule has 3 heterocycles. The van der Waals surface area contributed by atoms with Crippen molar-refractivity contribution in [3.05, 3.63) is 76.6 Å². The van der Waals surface area contributed by atoms with E-state index in [0.29, 0.717) is 54.5 Å². The van der Waals surface area contributed by atoms with Gasteiger partial charge in [0.25, 0.3) is 11.8 Å². The average Bonchev–Trinajstić information content (AvgIpc) is 3.52. The third-order valence-electron chi connectivity index (χ3n) is 7.04. The lowest BCUT2D eigenvalue weighted by Gasteiger charge is -2.34. The van der Waals surface area contributed by atoms with E-state index in [1.807, 2.05) is 4.90 Å². The SMILES string of the molecule is Cc1c(C(N)=O)cc(C(=O)CN2CCN(C(=O)c3ccc4c(c3)OCO4)CC2)n1Cc1cccc(OC(F)(F)F)c1. The van der Waals surface area contributed by atoms with Crippen molar-refractivity contribution in [1.82, 2.24) is 14.4 Å². The van der Waals surface area contributed by atoms with Crippen LogP contribution in [0.2, 0.25) is 0 Å². The van der Waals surface area contributed by atoms with E-state index in [1.54, 1.807) is 40.7 Å². The first-order valence-corrected chi connectivity index (χ1v) is 12.8. The molecule has 0 aliphatic carbocycles. The molecule has 2 aliphatic rings. The van der Waals surface area contributed by atoms with Crippen LogP contribution in [0, 0.1) is 6.92 Å². The average molecular weight is 573 g/mol. The molecule has 2 aromatic carbocycles. The van der Waals surface area contributed by atoms with Crippen LogP contribution >= 0.6 is 0 Å². The summed E-state index contributed by atoms with van der Waals surface area (Å²) in [5.41, 5.74) is 7.21. The molecular formula is C28H27F3N4O6. The summed E-state index contributed by atoms with van der Waals surface area (Å²) in [7, 11) is 0. The maximum Gasteiger partial charge on any atom is 0.573 e. The Kier molecular flexibility index (Phi) is 7.63. The summed E-state index contributed by atoms with van der Waals surface area (Å²) in [5, 5.41) is 0. The van der Waals surface area contributed by atoms with Crippen molar-refractivity contribution in [2.75, 3.05) is 39.5 Å². The molecule has 3 aromatic rings. The van der Waals surface area contributed by atoms with Crippen LogP contribution in [0.1, 0.15) is 42.5 Å². The molecule has 5 rings (SSSR count).